The largest absolute Gasteiger partial charge is 0.378 e. The van der Waals surface area contributed by atoms with Gasteiger partial charge in [0, 0.05) is 24.4 Å². The molecular weight excluding hydrogens is 192 g/mol. The number of carbonyl (C=O) groups excluding carboxylic acids is 2. The number of aldehydes is 1. The fourth-order valence-electron chi connectivity index (χ4n) is 1.23. The van der Waals surface area contributed by atoms with Gasteiger partial charge < -0.3 is 9.53 Å². The Balaban J connectivity index is 4.34. The van der Waals surface area contributed by atoms with Gasteiger partial charge in [-0.3, -0.25) is 4.79 Å². The molecule has 0 aliphatic rings. The average molecular weight is 214 g/mol. The molecule has 88 valence electrons. The third-order valence-corrected chi connectivity index (χ3v) is 2.46. The summed E-state index contributed by atoms with van der Waals surface area (Å²) in [6, 6.07) is 0. The summed E-state index contributed by atoms with van der Waals surface area (Å²) in [5.74, 6) is -0.220. The highest BCUT2D eigenvalue weighted by atomic mass is 16.5. The summed E-state index contributed by atoms with van der Waals surface area (Å²) in [7, 11) is 0. The minimum atomic E-state index is -0.382. The van der Waals surface area contributed by atoms with Gasteiger partial charge in [-0.2, -0.15) is 0 Å². The van der Waals surface area contributed by atoms with Crippen molar-refractivity contribution in [1.82, 2.24) is 0 Å². The van der Waals surface area contributed by atoms with Crippen molar-refractivity contribution in [2.75, 3.05) is 6.61 Å². The van der Waals surface area contributed by atoms with Crippen LogP contribution in [-0.2, 0) is 14.3 Å². The van der Waals surface area contributed by atoms with Crippen LogP contribution in [-0.4, -0.2) is 24.8 Å². The highest BCUT2D eigenvalue weighted by Gasteiger charge is 2.27. The van der Waals surface area contributed by atoms with Gasteiger partial charge in [0.05, 0.1) is 6.10 Å². The third kappa shape index (κ3) is 5.07. The van der Waals surface area contributed by atoms with Crippen LogP contribution >= 0.6 is 0 Å². The summed E-state index contributed by atoms with van der Waals surface area (Å²) >= 11 is 0. The molecule has 2 unspecified atom stereocenters. The van der Waals surface area contributed by atoms with E-state index < -0.39 is 0 Å². The maximum atomic E-state index is 11.7. The van der Waals surface area contributed by atoms with Gasteiger partial charge in [0.15, 0.2) is 0 Å². The molecule has 0 aromatic rings. The molecule has 0 rings (SSSR count). The van der Waals surface area contributed by atoms with Crippen LogP contribution in [0.4, 0.5) is 0 Å². The monoisotopic (exact) mass is 214 g/mol. The molecule has 2 atom stereocenters. The zero-order valence-corrected chi connectivity index (χ0v) is 10.4. The van der Waals surface area contributed by atoms with Gasteiger partial charge in [-0.05, 0) is 13.8 Å². The zero-order valence-electron chi connectivity index (χ0n) is 10.4. The third-order valence-electron chi connectivity index (χ3n) is 2.46. The molecule has 15 heavy (non-hydrogen) atoms. The van der Waals surface area contributed by atoms with E-state index in [0.29, 0.717) is 6.61 Å². The molecule has 3 nitrogen and oxygen atoms in total. The second kappa shape index (κ2) is 6.01. The van der Waals surface area contributed by atoms with Crippen LogP contribution in [0.25, 0.3) is 0 Å². The first-order valence-electron chi connectivity index (χ1n) is 5.43. The molecule has 0 fully saturated rings. The van der Waals surface area contributed by atoms with Crippen LogP contribution < -0.4 is 0 Å². The standard InChI is InChI=1S/C12H22O3/c1-6-15-9(2)10(8-13)7-11(14)12(3,4)5/h8-10H,6-7H2,1-5H3. The van der Waals surface area contributed by atoms with Gasteiger partial charge in [0.2, 0.25) is 0 Å². The van der Waals surface area contributed by atoms with Crippen molar-refractivity contribution in [2.24, 2.45) is 11.3 Å². The molecule has 0 N–H and O–H groups in total. The molecule has 0 heterocycles. The average Bonchev–Trinajstić information content (AvgIpc) is 2.12. The molecule has 0 aliphatic heterocycles. The molecule has 0 aliphatic carbocycles. The smallest absolute Gasteiger partial charge is 0.139 e. The topological polar surface area (TPSA) is 43.4 Å². The van der Waals surface area contributed by atoms with E-state index in [0.717, 1.165) is 6.29 Å². The summed E-state index contributed by atoms with van der Waals surface area (Å²) in [4.78, 5) is 22.6. The van der Waals surface area contributed by atoms with Crippen LogP contribution in [0.5, 0.6) is 0 Å². The quantitative estimate of drug-likeness (QED) is 0.637. The van der Waals surface area contributed by atoms with Gasteiger partial charge >= 0.3 is 0 Å². The van der Waals surface area contributed by atoms with Crippen molar-refractivity contribution >= 4 is 12.1 Å². The SMILES string of the molecule is CCOC(C)C(C=O)CC(=O)C(C)(C)C. The molecule has 0 bridgehead atoms. The van der Waals surface area contributed by atoms with Crippen LogP contribution in [0.1, 0.15) is 41.0 Å². The minimum Gasteiger partial charge on any atom is -0.378 e. The minimum absolute atomic E-state index is 0.103. The Kier molecular flexibility index (Phi) is 5.73. The van der Waals surface area contributed by atoms with Crippen LogP contribution in [0.3, 0.4) is 0 Å². The van der Waals surface area contributed by atoms with Crippen LogP contribution in [0.2, 0.25) is 0 Å². The normalized spacial score (nSPS) is 15.8. The second-order valence-corrected chi connectivity index (χ2v) is 4.84. The maximum absolute atomic E-state index is 11.7. The maximum Gasteiger partial charge on any atom is 0.139 e. The Morgan fingerprint density at radius 2 is 1.93 bits per heavy atom. The molecule has 0 amide bonds. The van der Waals surface area contributed by atoms with Crippen molar-refractivity contribution in [1.29, 1.82) is 0 Å². The first kappa shape index (κ1) is 14.3. The molecular formula is C12H22O3. The highest BCUT2D eigenvalue weighted by Crippen LogP contribution is 2.21. The number of carbonyl (C=O) groups is 2. The Morgan fingerprint density at radius 1 is 1.40 bits per heavy atom. The van der Waals surface area contributed by atoms with E-state index in [1.165, 1.54) is 0 Å². The summed E-state index contributed by atoms with van der Waals surface area (Å²) in [6.45, 7) is 9.87. The van der Waals surface area contributed by atoms with E-state index in [-0.39, 0.29) is 29.6 Å². The van der Waals surface area contributed by atoms with Crippen molar-refractivity contribution in [3.05, 3.63) is 0 Å². The molecule has 0 spiro atoms. The van der Waals surface area contributed by atoms with Crippen molar-refractivity contribution in [2.45, 2.75) is 47.1 Å². The van der Waals surface area contributed by atoms with E-state index in [1.54, 1.807) is 0 Å². The molecule has 0 aromatic carbocycles. The Morgan fingerprint density at radius 3 is 2.27 bits per heavy atom. The van der Waals surface area contributed by atoms with E-state index in [1.807, 2.05) is 34.6 Å². The predicted octanol–water partition coefficient (Wildman–Crippen LogP) is 2.23. The second-order valence-electron chi connectivity index (χ2n) is 4.84. The molecule has 0 saturated heterocycles. The summed E-state index contributed by atoms with van der Waals surface area (Å²) < 4.78 is 5.32. The number of ether oxygens (including phenoxy) is 1. The van der Waals surface area contributed by atoms with Crippen LogP contribution in [0.15, 0.2) is 0 Å². The number of Topliss-reactive ketones (excluding diaryl/α,β-unsaturated/α-hetero) is 1. The van der Waals surface area contributed by atoms with E-state index in [2.05, 4.69) is 0 Å². The fraction of sp³-hybridized carbons (Fsp3) is 0.833. The predicted molar refractivity (Wildman–Crippen MR) is 59.7 cm³/mol. The number of ketones is 1. The van der Waals surface area contributed by atoms with Gasteiger partial charge in [-0.15, -0.1) is 0 Å². The number of rotatable bonds is 6. The Bertz CT molecular complexity index is 215. The Labute approximate surface area is 92.2 Å². The van der Waals surface area contributed by atoms with Crippen LogP contribution in [0, 0.1) is 11.3 Å². The number of hydrogen-bond donors (Lipinski definition) is 0. The summed E-state index contributed by atoms with van der Waals surface area (Å²) in [6.07, 6.45) is 0.914. The lowest BCUT2D eigenvalue weighted by atomic mass is 9.84. The lowest BCUT2D eigenvalue weighted by molar-refractivity contribution is -0.131. The van der Waals surface area contributed by atoms with Crippen molar-refractivity contribution in [3.8, 4) is 0 Å². The fourth-order valence-corrected chi connectivity index (χ4v) is 1.23. The number of hydrogen-bond acceptors (Lipinski definition) is 3. The molecule has 0 aromatic heterocycles. The van der Waals surface area contributed by atoms with E-state index in [4.69, 9.17) is 4.74 Å². The van der Waals surface area contributed by atoms with Gasteiger partial charge in [-0.25, -0.2) is 0 Å². The van der Waals surface area contributed by atoms with Crippen molar-refractivity contribution in [3.63, 3.8) is 0 Å². The molecule has 0 radical (unpaired) electrons. The highest BCUT2D eigenvalue weighted by molar-refractivity contribution is 5.85. The first-order chi connectivity index (χ1) is 6.82. The Hall–Kier alpha value is -0.700. The molecule has 3 heteroatoms. The lowest BCUT2D eigenvalue weighted by Crippen LogP contribution is -2.29. The van der Waals surface area contributed by atoms with E-state index in [9.17, 15) is 9.59 Å². The summed E-state index contributed by atoms with van der Waals surface area (Å²) in [5, 5.41) is 0. The molecule has 0 saturated carbocycles. The van der Waals surface area contributed by atoms with Gasteiger partial charge in [0.1, 0.15) is 12.1 Å². The van der Waals surface area contributed by atoms with Gasteiger partial charge in [0.25, 0.3) is 0 Å². The van der Waals surface area contributed by atoms with Gasteiger partial charge in [-0.1, -0.05) is 20.8 Å². The first-order valence-corrected chi connectivity index (χ1v) is 5.43. The summed E-state index contributed by atoms with van der Waals surface area (Å²) in [5.41, 5.74) is -0.382. The van der Waals surface area contributed by atoms with Crippen molar-refractivity contribution < 1.29 is 14.3 Å². The van der Waals surface area contributed by atoms with E-state index >= 15 is 0 Å². The lowest BCUT2D eigenvalue weighted by Gasteiger charge is -2.22. The zero-order chi connectivity index (χ0) is 12.1.